The molecule has 9 aromatic rings. The molecule has 3 aliphatic rings. The molecular weight excluding hydrogens is 653 g/mol. The molecule has 2 heteroatoms. The highest BCUT2D eigenvalue weighted by atomic mass is 15.0. The summed E-state index contributed by atoms with van der Waals surface area (Å²) in [5.74, 6) is 0. The van der Waals surface area contributed by atoms with Crippen LogP contribution in [0.2, 0.25) is 0 Å². The van der Waals surface area contributed by atoms with Gasteiger partial charge < -0.3 is 9.13 Å². The van der Waals surface area contributed by atoms with Crippen LogP contribution in [-0.2, 0) is 17.3 Å². The molecule has 0 saturated carbocycles. The van der Waals surface area contributed by atoms with Gasteiger partial charge in [-0.05, 0) is 99.3 Å². The smallest absolute Gasteiger partial charge is 0.0739 e. The quantitative estimate of drug-likeness (QED) is 0.175. The van der Waals surface area contributed by atoms with E-state index in [1.54, 1.807) is 0 Å². The fraction of sp³-hybridized carbons (Fsp3) is 0.115. The van der Waals surface area contributed by atoms with Crippen molar-refractivity contribution >= 4 is 38.3 Å². The van der Waals surface area contributed by atoms with E-state index in [0.717, 1.165) is 12.8 Å². The normalized spacial score (nSPS) is 15.9. The SMILES string of the molecule is CC1(C)c2ccccc2-n2c3ccc(-c4ccc5c(c4)C(c4ccccc4)(c4ccccc4)C4=CCCc6c4n-5c4ccccc64)cc3c3cccc1c32. The van der Waals surface area contributed by atoms with Crippen molar-refractivity contribution in [2.75, 3.05) is 0 Å². The van der Waals surface area contributed by atoms with Crippen molar-refractivity contribution in [1.82, 2.24) is 9.13 Å². The molecule has 0 radical (unpaired) electrons. The molecule has 0 N–H and O–H groups in total. The summed E-state index contributed by atoms with van der Waals surface area (Å²) in [7, 11) is 0. The zero-order chi connectivity index (χ0) is 35.8. The third-order valence-electron chi connectivity index (χ3n) is 13.0. The number of fused-ring (bicyclic) bond motifs is 10. The number of hydrogen-bond acceptors (Lipinski definition) is 0. The number of aromatic nitrogens is 2. The first-order valence-electron chi connectivity index (χ1n) is 19.3. The molecular formula is C52H38N2. The van der Waals surface area contributed by atoms with E-state index < -0.39 is 5.41 Å². The van der Waals surface area contributed by atoms with Gasteiger partial charge in [-0.2, -0.15) is 0 Å². The molecule has 0 amide bonds. The molecule has 2 aromatic heterocycles. The van der Waals surface area contributed by atoms with Crippen molar-refractivity contribution in [3.05, 3.63) is 209 Å². The van der Waals surface area contributed by atoms with Crippen LogP contribution in [0.25, 0.3) is 60.8 Å². The molecule has 256 valence electrons. The standard InChI is InChI=1S/C52H38N2/c1-51(2)41-22-10-12-26-47(41)54-46-29-27-33(31-40(46)39-21-13-23-42(51)49(39)54)34-28-30-48-44(32-34)52(35-15-5-3-6-16-35,36-17-7-4-8-18-36)43-24-14-20-38-37-19-9-11-25-45(37)53(48)50(38)43/h3-13,15-19,21-32H,14,20H2,1-2H3. The number of para-hydroxylation sites is 3. The van der Waals surface area contributed by atoms with E-state index >= 15 is 0 Å². The molecule has 54 heavy (non-hydrogen) atoms. The summed E-state index contributed by atoms with van der Waals surface area (Å²) in [5.41, 5.74) is 19.2. The molecule has 12 rings (SSSR count). The molecule has 7 aromatic carbocycles. The Labute approximate surface area is 315 Å². The van der Waals surface area contributed by atoms with Gasteiger partial charge in [-0.3, -0.25) is 0 Å². The van der Waals surface area contributed by atoms with Gasteiger partial charge in [0, 0.05) is 21.6 Å². The molecule has 4 heterocycles. The second-order valence-corrected chi connectivity index (χ2v) is 16.0. The Bertz CT molecular complexity index is 3020. The molecule has 0 unspecified atom stereocenters. The Morgan fingerprint density at radius 2 is 1.11 bits per heavy atom. The molecule has 0 spiro atoms. The lowest BCUT2D eigenvalue weighted by Crippen LogP contribution is -2.37. The summed E-state index contributed by atoms with van der Waals surface area (Å²) >= 11 is 0. The topological polar surface area (TPSA) is 9.86 Å². The van der Waals surface area contributed by atoms with Gasteiger partial charge in [0.2, 0.25) is 0 Å². The molecule has 0 saturated heterocycles. The van der Waals surface area contributed by atoms with Crippen molar-refractivity contribution in [2.45, 2.75) is 37.5 Å². The van der Waals surface area contributed by atoms with Crippen LogP contribution in [0.3, 0.4) is 0 Å². The van der Waals surface area contributed by atoms with Crippen LogP contribution < -0.4 is 0 Å². The van der Waals surface area contributed by atoms with E-state index in [2.05, 4.69) is 193 Å². The van der Waals surface area contributed by atoms with E-state index in [4.69, 9.17) is 0 Å². The predicted molar refractivity (Wildman–Crippen MR) is 224 cm³/mol. The monoisotopic (exact) mass is 690 g/mol. The Hall–Kier alpha value is -6.38. The summed E-state index contributed by atoms with van der Waals surface area (Å²) in [5, 5.41) is 3.98. The van der Waals surface area contributed by atoms with E-state index in [1.165, 1.54) is 99.9 Å². The Kier molecular flexibility index (Phi) is 5.92. The maximum absolute atomic E-state index is 2.58. The first-order chi connectivity index (χ1) is 26.6. The maximum atomic E-state index is 2.58. The molecule has 0 atom stereocenters. The van der Waals surface area contributed by atoms with Crippen molar-refractivity contribution in [2.24, 2.45) is 0 Å². The molecule has 2 nitrogen and oxygen atoms in total. The number of aryl methyl sites for hydroxylation is 1. The fourth-order valence-electron chi connectivity index (χ4n) is 10.7. The number of benzene rings is 7. The predicted octanol–water partition coefficient (Wildman–Crippen LogP) is 12.7. The number of allylic oxidation sites excluding steroid dienone is 2. The minimum atomic E-state index is -0.490. The number of rotatable bonds is 3. The second-order valence-electron chi connectivity index (χ2n) is 16.0. The highest BCUT2D eigenvalue weighted by Gasteiger charge is 2.48. The molecule has 0 fully saturated rings. The Morgan fingerprint density at radius 1 is 0.481 bits per heavy atom. The first-order valence-corrected chi connectivity index (χ1v) is 19.3. The summed E-state index contributed by atoms with van der Waals surface area (Å²) < 4.78 is 5.09. The third-order valence-corrected chi connectivity index (χ3v) is 13.0. The average Bonchev–Trinajstić information content (AvgIpc) is 3.75. The van der Waals surface area contributed by atoms with E-state index in [9.17, 15) is 0 Å². The lowest BCUT2D eigenvalue weighted by Gasteiger charge is -2.45. The van der Waals surface area contributed by atoms with E-state index in [0.29, 0.717) is 0 Å². The first kappa shape index (κ1) is 30.1. The van der Waals surface area contributed by atoms with Crippen LogP contribution in [0.15, 0.2) is 170 Å². The largest absolute Gasteiger partial charge is 0.309 e. The van der Waals surface area contributed by atoms with Gasteiger partial charge in [-0.15, -0.1) is 0 Å². The van der Waals surface area contributed by atoms with Crippen molar-refractivity contribution in [1.29, 1.82) is 0 Å². The zero-order valence-corrected chi connectivity index (χ0v) is 30.5. The van der Waals surface area contributed by atoms with Gasteiger partial charge >= 0.3 is 0 Å². The number of nitrogens with zero attached hydrogens (tertiary/aromatic N) is 2. The van der Waals surface area contributed by atoms with Crippen LogP contribution in [0, 0.1) is 0 Å². The fourth-order valence-corrected chi connectivity index (χ4v) is 10.7. The lowest BCUT2D eigenvalue weighted by molar-refractivity contribution is 0.630. The lowest BCUT2D eigenvalue weighted by atomic mass is 9.60. The van der Waals surface area contributed by atoms with Gasteiger partial charge in [-0.1, -0.05) is 147 Å². The third kappa shape index (κ3) is 3.66. The zero-order valence-electron chi connectivity index (χ0n) is 30.5. The number of hydrogen-bond donors (Lipinski definition) is 0. The van der Waals surface area contributed by atoms with Gasteiger partial charge in [0.05, 0.1) is 39.0 Å². The minimum Gasteiger partial charge on any atom is -0.309 e. The van der Waals surface area contributed by atoms with Gasteiger partial charge in [0.25, 0.3) is 0 Å². The Balaban J connectivity index is 1.17. The molecule has 0 bridgehead atoms. The summed E-state index contributed by atoms with van der Waals surface area (Å²) in [6, 6.07) is 61.8. The second kappa shape index (κ2) is 10.6. The van der Waals surface area contributed by atoms with Crippen molar-refractivity contribution in [3.63, 3.8) is 0 Å². The van der Waals surface area contributed by atoms with Crippen LogP contribution >= 0.6 is 0 Å². The van der Waals surface area contributed by atoms with Crippen molar-refractivity contribution < 1.29 is 0 Å². The average molecular weight is 691 g/mol. The Morgan fingerprint density at radius 3 is 1.93 bits per heavy atom. The maximum Gasteiger partial charge on any atom is 0.0739 e. The van der Waals surface area contributed by atoms with Crippen LogP contribution in [0.1, 0.15) is 59.3 Å². The highest BCUT2D eigenvalue weighted by Crippen LogP contribution is 2.58. The summed E-state index contributed by atoms with van der Waals surface area (Å²) in [6.07, 6.45) is 4.62. The van der Waals surface area contributed by atoms with E-state index in [1.807, 2.05) is 0 Å². The van der Waals surface area contributed by atoms with Gasteiger partial charge in [0.15, 0.2) is 0 Å². The van der Waals surface area contributed by atoms with Gasteiger partial charge in [0.1, 0.15) is 0 Å². The van der Waals surface area contributed by atoms with Gasteiger partial charge in [-0.25, -0.2) is 0 Å². The van der Waals surface area contributed by atoms with Crippen LogP contribution in [0.4, 0.5) is 0 Å². The summed E-state index contributed by atoms with van der Waals surface area (Å²) in [4.78, 5) is 0. The van der Waals surface area contributed by atoms with E-state index in [-0.39, 0.29) is 5.41 Å². The highest BCUT2D eigenvalue weighted by molar-refractivity contribution is 6.12. The van der Waals surface area contributed by atoms with Crippen LogP contribution in [-0.4, -0.2) is 9.13 Å². The van der Waals surface area contributed by atoms with Crippen LogP contribution in [0.5, 0.6) is 0 Å². The van der Waals surface area contributed by atoms with Crippen molar-refractivity contribution in [3.8, 4) is 22.5 Å². The molecule has 2 aliphatic heterocycles. The molecule has 1 aliphatic carbocycles. The minimum absolute atomic E-state index is 0.0881. The summed E-state index contributed by atoms with van der Waals surface area (Å²) in [6.45, 7) is 4.74.